The number of hydrogen-bond donors (Lipinski definition) is 1. The van der Waals surface area contributed by atoms with Crippen LogP contribution in [0.4, 0.5) is 11.4 Å². The van der Waals surface area contributed by atoms with E-state index in [2.05, 4.69) is 39.4 Å². The molecule has 2 bridgehead atoms. The zero-order chi connectivity index (χ0) is 12.8. The van der Waals surface area contributed by atoms with Crippen LogP contribution < -0.4 is 10.2 Å². The van der Waals surface area contributed by atoms with Gasteiger partial charge in [0.05, 0.1) is 19.3 Å². The van der Waals surface area contributed by atoms with Crippen molar-refractivity contribution in [2.24, 2.45) is 0 Å². The molecular formula is C15H21N3O. The fourth-order valence-corrected chi connectivity index (χ4v) is 3.68. The van der Waals surface area contributed by atoms with Gasteiger partial charge in [-0.3, -0.25) is 4.90 Å². The Kier molecular flexibility index (Phi) is 2.67. The number of nitrogens with zero attached hydrogens (tertiary/aromatic N) is 2. The number of nitrogens with one attached hydrogen (secondary N) is 1. The van der Waals surface area contributed by atoms with Crippen molar-refractivity contribution in [2.45, 2.75) is 24.5 Å². The van der Waals surface area contributed by atoms with Crippen LogP contribution in [0.15, 0.2) is 24.3 Å². The second kappa shape index (κ2) is 4.39. The zero-order valence-electron chi connectivity index (χ0n) is 11.4. The van der Waals surface area contributed by atoms with Crippen molar-refractivity contribution in [1.29, 1.82) is 0 Å². The number of piperidine rings is 1. The van der Waals surface area contributed by atoms with E-state index in [1.54, 1.807) is 0 Å². The average molecular weight is 259 g/mol. The molecule has 0 radical (unpaired) electrons. The van der Waals surface area contributed by atoms with E-state index in [1.807, 2.05) is 7.05 Å². The van der Waals surface area contributed by atoms with Gasteiger partial charge in [-0.1, -0.05) is 0 Å². The maximum Gasteiger partial charge on any atom is 0.0645 e. The Morgan fingerprint density at radius 1 is 1.05 bits per heavy atom. The molecule has 2 atom stereocenters. The zero-order valence-corrected chi connectivity index (χ0v) is 11.4. The van der Waals surface area contributed by atoms with E-state index in [9.17, 15) is 0 Å². The first-order valence-electron chi connectivity index (χ1n) is 7.23. The maximum absolute atomic E-state index is 5.33. The molecule has 2 unspecified atom stereocenters. The molecule has 4 fully saturated rings. The van der Waals surface area contributed by atoms with Crippen LogP contribution in [0, 0.1) is 0 Å². The summed E-state index contributed by atoms with van der Waals surface area (Å²) in [6.07, 6.45) is 1.38. The molecule has 4 nitrogen and oxygen atoms in total. The molecule has 1 N–H and O–H groups in total. The number of rotatable bonds is 3. The molecule has 5 rings (SSSR count). The summed E-state index contributed by atoms with van der Waals surface area (Å²) in [7, 11) is 1.96. The van der Waals surface area contributed by atoms with Crippen LogP contribution >= 0.6 is 0 Å². The molecule has 19 heavy (non-hydrogen) atoms. The number of hydrogen-bond acceptors (Lipinski definition) is 4. The van der Waals surface area contributed by atoms with Crippen LogP contribution in [0.25, 0.3) is 0 Å². The molecule has 1 aromatic rings. The van der Waals surface area contributed by atoms with Crippen LogP contribution in [0.3, 0.4) is 0 Å². The number of benzene rings is 1. The van der Waals surface area contributed by atoms with Crippen molar-refractivity contribution in [3.8, 4) is 0 Å². The van der Waals surface area contributed by atoms with Crippen molar-refractivity contribution >= 4 is 11.4 Å². The van der Waals surface area contributed by atoms with E-state index in [1.165, 1.54) is 30.9 Å². The Labute approximate surface area is 114 Å². The first-order valence-corrected chi connectivity index (χ1v) is 7.23. The number of fused-ring (bicyclic) bond motifs is 2. The second-order valence-electron chi connectivity index (χ2n) is 5.88. The van der Waals surface area contributed by atoms with E-state index in [4.69, 9.17) is 4.74 Å². The topological polar surface area (TPSA) is 27.7 Å². The molecule has 0 spiro atoms. The summed E-state index contributed by atoms with van der Waals surface area (Å²) < 4.78 is 5.33. The van der Waals surface area contributed by atoms with E-state index >= 15 is 0 Å². The SMILES string of the molecule is CNc1ccc(N2CC3CC(C2)N3C2COC2)cc1. The van der Waals surface area contributed by atoms with E-state index in [0.29, 0.717) is 6.04 Å². The Bertz CT molecular complexity index is 445. The second-order valence-corrected chi connectivity index (χ2v) is 5.88. The third kappa shape index (κ3) is 1.82. The van der Waals surface area contributed by atoms with Gasteiger partial charge >= 0.3 is 0 Å². The summed E-state index contributed by atoms with van der Waals surface area (Å²) in [5.41, 5.74) is 2.54. The summed E-state index contributed by atoms with van der Waals surface area (Å²) >= 11 is 0. The molecule has 102 valence electrons. The van der Waals surface area contributed by atoms with Crippen molar-refractivity contribution in [2.75, 3.05) is 43.6 Å². The molecule has 0 aromatic heterocycles. The predicted octanol–water partition coefficient (Wildman–Crippen LogP) is 1.39. The molecule has 0 aliphatic carbocycles. The van der Waals surface area contributed by atoms with Crippen LogP contribution in [-0.4, -0.2) is 56.4 Å². The summed E-state index contributed by atoms with van der Waals surface area (Å²) in [6, 6.07) is 11.0. The van der Waals surface area contributed by atoms with Gasteiger partial charge in [-0.2, -0.15) is 0 Å². The van der Waals surface area contributed by atoms with Crippen molar-refractivity contribution in [1.82, 2.24) is 4.90 Å². The minimum absolute atomic E-state index is 0.706. The third-order valence-corrected chi connectivity index (χ3v) is 4.81. The summed E-state index contributed by atoms with van der Waals surface area (Å²) in [4.78, 5) is 5.23. The van der Waals surface area contributed by atoms with E-state index in [0.717, 1.165) is 25.3 Å². The number of anilines is 2. The highest BCUT2D eigenvalue weighted by Gasteiger charge is 2.49. The van der Waals surface area contributed by atoms with Crippen molar-refractivity contribution < 1.29 is 4.74 Å². The lowest BCUT2D eigenvalue weighted by Crippen LogP contribution is -2.74. The molecule has 4 heteroatoms. The van der Waals surface area contributed by atoms with Crippen LogP contribution in [0.1, 0.15) is 6.42 Å². The van der Waals surface area contributed by atoms with Gasteiger partial charge < -0.3 is 15.0 Å². The maximum atomic E-state index is 5.33. The number of ether oxygens (including phenoxy) is 1. The van der Waals surface area contributed by atoms with Gasteiger partial charge in [-0.05, 0) is 30.7 Å². The van der Waals surface area contributed by atoms with Crippen LogP contribution in [0.2, 0.25) is 0 Å². The van der Waals surface area contributed by atoms with E-state index in [-0.39, 0.29) is 0 Å². The normalized spacial score (nSPS) is 30.7. The lowest BCUT2D eigenvalue weighted by Gasteiger charge is -2.61. The molecular weight excluding hydrogens is 238 g/mol. The third-order valence-electron chi connectivity index (χ3n) is 4.81. The van der Waals surface area contributed by atoms with Gasteiger partial charge in [0, 0.05) is 43.6 Å². The molecule has 4 saturated heterocycles. The fourth-order valence-electron chi connectivity index (χ4n) is 3.68. The highest BCUT2D eigenvalue weighted by Crippen LogP contribution is 2.37. The molecule has 4 aliphatic heterocycles. The van der Waals surface area contributed by atoms with Gasteiger partial charge in [0.15, 0.2) is 0 Å². The highest BCUT2D eigenvalue weighted by molar-refractivity contribution is 5.55. The van der Waals surface area contributed by atoms with Gasteiger partial charge in [0.25, 0.3) is 0 Å². The molecule has 4 aliphatic rings. The minimum Gasteiger partial charge on any atom is -0.388 e. The Morgan fingerprint density at radius 2 is 1.74 bits per heavy atom. The molecule has 0 saturated carbocycles. The molecule has 0 amide bonds. The Balaban J connectivity index is 1.44. The first kappa shape index (κ1) is 11.6. The smallest absolute Gasteiger partial charge is 0.0645 e. The minimum atomic E-state index is 0.706. The van der Waals surface area contributed by atoms with Crippen LogP contribution in [0.5, 0.6) is 0 Å². The van der Waals surface area contributed by atoms with Crippen LogP contribution in [-0.2, 0) is 4.74 Å². The summed E-state index contributed by atoms with van der Waals surface area (Å²) in [6.45, 7) is 4.24. The standard InChI is InChI=1S/C15H21N3O/c1-16-11-2-4-12(5-3-11)17-7-13-6-14(8-17)18(13)15-9-19-10-15/h2-5,13-16H,6-10H2,1H3. The summed E-state index contributed by atoms with van der Waals surface area (Å²) in [5.74, 6) is 0. The van der Waals surface area contributed by atoms with Crippen molar-refractivity contribution in [3.05, 3.63) is 24.3 Å². The lowest BCUT2D eigenvalue weighted by atomic mass is 9.84. The lowest BCUT2D eigenvalue weighted by molar-refractivity contribution is -0.141. The van der Waals surface area contributed by atoms with Gasteiger partial charge in [0.1, 0.15) is 0 Å². The Hall–Kier alpha value is -1.26. The quantitative estimate of drug-likeness (QED) is 0.888. The van der Waals surface area contributed by atoms with Gasteiger partial charge in [0.2, 0.25) is 0 Å². The number of piperazine rings is 1. The van der Waals surface area contributed by atoms with E-state index < -0.39 is 0 Å². The highest BCUT2D eigenvalue weighted by atomic mass is 16.5. The van der Waals surface area contributed by atoms with Crippen molar-refractivity contribution in [3.63, 3.8) is 0 Å². The fraction of sp³-hybridized carbons (Fsp3) is 0.600. The monoisotopic (exact) mass is 259 g/mol. The predicted molar refractivity (Wildman–Crippen MR) is 76.8 cm³/mol. The van der Waals surface area contributed by atoms with Gasteiger partial charge in [-0.25, -0.2) is 0 Å². The molecule has 4 heterocycles. The Morgan fingerprint density at radius 3 is 2.26 bits per heavy atom. The largest absolute Gasteiger partial charge is 0.388 e. The summed E-state index contributed by atoms with van der Waals surface area (Å²) in [5, 5.41) is 3.17. The molecule has 1 aromatic carbocycles. The first-order chi connectivity index (χ1) is 9.35. The average Bonchev–Trinajstić information content (AvgIpc) is 2.43. The van der Waals surface area contributed by atoms with Gasteiger partial charge in [-0.15, -0.1) is 0 Å².